The number of benzene rings is 2. The van der Waals surface area contributed by atoms with Gasteiger partial charge in [-0.15, -0.1) is 0 Å². The van der Waals surface area contributed by atoms with Gasteiger partial charge >= 0.3 is 11.9 Å². The highest BCUT2D eigenvalue weighted by atomic mass is 16.5. The molecule has 0 spiro atoms. The number of carboxylic acid groups (broad SMARTS) is 1. The van der Waals surface area contributed by atoms with Gasteiger partial charge < -0.3 is 9.84 Å². The lowest BCUT2D eigenvalue weighted by molar-refractivity contribution is -0.130. The average Bonchev–Trinajstić information content (AvgIpc) is 2.42. The Kier molecular flexibility index (Phi) is 2.84. The Bertz CT molecular complexity index is 729. The number of ether oxygens (including phenoxy) is 1. The number of hydrogen-bond acceptors (Lipinski definition) is 3. The lowest BCUT2D eigenvalue weighted by Crippen LogP contribution is -2.11. The summed E-state index contributed by atoms with van der Waals surface area (Å²) >= 11 is 0. The number of carboxylic acids is 1. The first-order chi connectivity index (χ1) is 9.65. The van der Waals surface area contributed by atoms with Gasteiger partial charge in [0, 0.05) is 0 Å². The second-order valence-corrected chi connectivity index (χ2v) is 4.37. The van der Waals surface area contributed by atoms with Gasteiger partial charge in [-0.25, -0.2) is 9.59 Å². The summed E-state index contributed by atoms with van der Waals surface area (Å²) < 4.78 is 5.24. The molecule has 1 N–H and O–H groups in total. The van der Waals surface area contributed by atoms with E-state index >= 15 is 0 Å². The van der Waals surface area contributed by atoms with Gasteiger partial charge in [0.2, 0.25) is 0 Å². The van der Waals surface area contributed by atoms with Crippen LogP contribution >= 0.6 is 0 Å². The molecule has 0 fully saturated rings. The van der Waals surface area contributed by atoms with Gasteiger partial charge in [0.05, 0.1) is 11.1 Å². The van der Waals surface area contributed by atoms with Crippen LogP contribution in [0, 0.1) is 0 Å². The average molecular weight is 266 g/mol. The van der Waals surface area contributed by atoms with Crippen molar-refractivity contribution in [1.29, 1.82) is 0 Å². The monoisotopic (exact) mass is 266 g/mol. The minimum atomic E-state index is -0.982. The van der Waals surface area contributed by atoms with E-state index < -0.39 is 11.9 Å². The maximum absolute atomic E-state index is 11.9. The molecule has 4 heteroatoms. The molecular formula is C16H10O4. The van der Waals surface area contributed by atoms with Gasteiger partial charge in [0.1, 0.15) is 5.75 Å². The molecule has 4 nitrogen and oxygen atoms in total. The van der Waals surface area contributed by atoms with E-state index in [9.17, 15) is 9.59 Å². The molecule has 0 aromatic heterocycles. The molecule has 3 rings (SSSR count). The maximum atomic E-state index is 11.9. The third kappa shape index (κ3) is 2.07. The number of fused-ring (bicyclic) bond motifs is 1. The Morgan fingerprint density at radius 3 is 2.45 bits per heavy atom. The Morgan fingerprint density at radius 1 is 1.00 bits per heavy atom. The first-order valence-electron chi connectivity index (χ1n) is 6.02. The second-order valence-electron chi connectivity index (χ2n) is 4.37. The lowest BCUT2D eigenvalue weighted by Gasteiger charge is -2.17. The summed E-state index contributed by atoms with van der Waals surface area (Å²) in [7, 11) is 0. The largest absolute Gasteiger partial charge is 0.478 e. The zero-order chi connectivity index (χ0) is 14.1. The van der Waals surface area contributed by atoms with E-state index in [-0.39, 0.29) is 5.57 Å². The summed E-state index contributed by atoms with van der Waals surface area (Å²) in [6.45, 7) is 0. The van der Waals surface area contributed by atoms with Gasteiger partial charge in [0.25, 0.3) is 0 Å². The van der Waals surface area contributed by atoms with E-state index in [0.29, 0.717) is 16.9 Å². The maximum Gasteiger partial charge on any atom is 0.343 e. The summed E-state index contributed by atoms with van der Waals surface area (Å²) in [6, 6.07) is 13.6. The quantitative estimate of drug-likeness (QED) is 0.685. The molecule has 2 aromatic carbocycles. The van der Waals surface area contributed by atoms with Crippen molar-refractivity contribution in [3.8, 4) is 5.75 Å². The SMILES string of the molecule is O=C(O)C1=Cc2ccc(OC(=O)c3ccccc3)cc21. The topological polar surface area (TPSA) is 63.6 Å². The molecule has 0 radical (unpaired) electrons. The van der Waals surface area contributed by atoms with Gasteiger partial charge in [-0.05, 0) is 41.5 Å². The zero-order valence-corrected chi connectivity index (χ0v) is 10.4. The van der Waals surface area contributed by atoms with Crippen molar-refractivity contribution in [2.24, 2.45) is 0 Å². The molecule has 0 saturated carbocycles. The normalized spacial score (nSPS) is 11.9. The molecule has 0 saturated heterocycles. The molecule has 98 valence electrons. The van der Waals surface area contributed by atoms with Crippen LogP contribution in [0.15, 0.2) is 48.5 Å². The van der Waals surface area contributed by atoms with Crippen molar-refractivity contribution in [1.82, 2.24) is 0 Å². The third-order valence-corrected chi connectivity index (χ3v) is 3.07. The van der Waals surface area contributed by atoms with Crippen LogP contribution in [0.25, 0.3) is 11.6 Å². The van der Waals surface area contributed by atoms with Crippen molar-refractivity contribution in [2.45, 2.75) is 0 Å². The molecule has 20 heavy (non-hydrogen) atoms. The Hall–Kier alpha value is -2.88. The number of hydrogen-bond donors (Lipinski definition) is 1. The zero-order valence-electron chi connectivity index (χ0n) is 10.4. The van der Waals surface area contributed by atoms with Crippen LogP contribution in [0.1, 0.15) is 21.5 Å². The molecule has 0 atom stereocenters. The summed E-state index contributed by atoms with van der Waals surface area (Å²) in [5, 5.41) is 8.95. The number of aliphatic carboxylic acids is 1. The van der Waals surface area contributed by atoms with Gasteiger partial charge in [0.15, 0.2) is 0 Å². The van der Waals surface area contributed by atoms with Crippen molar-refractivity contribution >= 4 is 23.6 Å². The third-order valence-electron chi connectivity index (χ3n) is 3.07. The van der Waals surface area contributed by atoms with Crippen molar-refractivity contribution in [3.63, 3.8) is 0 Å². The Morgan fingerprint density at radius 2 is 1.75 bits per heavy atom. The minimum Gasteiger partial charge on any atom is -0.478 e. The first kappa shape index (κ1) is 12.2. The van der Waals surface area contributed by atoms with Gasteiger partial charge in [-0.3, -0.25) is 0 Å². The minimum absolute atomic E-state index is 0.234. The summed E-state index contributed by atoms with van der Waals surface area (Å²) in [5.41, 5.74) is 2.11. The van der Waals surface area contributed by atoms with Crippen LogP contribution in [0.3, 0.4) is 0 Å². The van der Waals surface area contributed by atoms with Crippen LogP contribution in [0.4, 0.5) is 0 Å². The second kappa shape index (κ2) is 4.66. The summed E-state index contributed by atoms with van der Waals surface area (Å²) in [5.74, 6) is -1.11. The Balaban J connectivity index is 1.81. The fraction of sp³-hybridized carbons (Fsp3) is 0. The molecular weight excluding hydrogens is 256 g/mol. The fourth-order valence-electron chi connectivity index (χ4n) is 2.03. The molecule has 0 bridgehead atoms. The van der Waals surface area contributed by atoms with Crippen LogP contribution in [0.5, 0.6) is 5.75 Å². The lowest BCUT2D eigenvalue weighted by atomic mass is 9.88. The smallest absolute Gasteiger partial charge is 0.343 e. The van der Waals surface area contributed by atoms with Gasteiger partial charge in [-0.1, -0.05) is 24.3 Å². The van der Waals surface area contributed by atoms with Crippen LogP contribution < -0.4 is 4.74 Å². The summed E-state index contributed by atoms with van der Waals surface area (Å²) in [4.78, 5) is 22.8. The number of rotatable bonds is 3. The molecule has 2 aromatic rings. The standard InChI is InChI=1S/C16H10O4/c17-15(18)14-8-11-6-7-12(9-13(11)14)20-16(19)10-4-2-1-3-5-10/h1-9H,(H,17,18). The van der Waals surface area contributed by atoms with Crippen molar-refractivity contribution in [3.05, 3.63) is 65.2 Å². The van der Waals surface area contributed by atoms with E-state index in [4.69, 9.17) is 9.84 Å². The van der Waals surface area contributed by atoms with E-state index in [0.717, 1.165) is 5.56 Å². The molecule has 0 unspecified atom stereocenters. The highest BCUT2D eigenvalue weighted by Crippen LogP contribution is 2.35. The number of carbonyl (C=O) groups excluding carboxylic acids is 1. The van der Waals surface area contributed by atoms with Crippen LogP contribution in [0.2, 0.25) is 0 Å². The van der Waals surface area contributed by atoms with E-state index in [1.165, 1.54) is 0 Å². The molecule has 0 amide bonds. The summed E-state index contributed by atoms with van der Waals surface area (Å²) in [6.07, 6.45) is 1.58. The molecule has 1 aliphatic carbocycles. The number of carbonyl (C=O) groups is 2. The molecule has 0 heterocycles. The van der Waals surface area contributed by atoms with Crippen molar-refractivity contribution < 1.29 is 19.4 Å². The predicted molar refractivity (Wildman–Crippen MR) is 73.3 cm³/mol. The highest BCUT2D eigenvalue weighted by Gasteiger charge is 2.23. The van der Waals surface area contributed by atoms with E-state index in [1.54, 1.807) is 48.5 Å². The molecule has 1 aliphatic rings. The predicted octanol–water partition coefficient (Wildman–Crippen LogP) is 2.84. The highest BCUT2D eigenvalue weighted by molar-refractivity contribution is 6.26. The fourth-order valence-corrected chi connectivity index (χ4v) is 2.03. The van der Waals surface area contributed by atoms with E-state index in [1.807, 2.05) is 6.07 Å². The number of esters is 1. The first-order valence-corrected chi connectivity index (χ1v) is 6.02. The van der Waals surface area contributed by atoms with Crippen LogP contribution in [-0.2, 0) is 4.79 Å². The van der Waals surface area contributed by atoms with Gasteiger partial charge in [-0.2, -0.15) is 0 Å². The van der Waals surface area contributed by atoms with Crippen LogP contribution in [-0.4, -0.2) is 17.0 Å². The van der Waals surface area contributed by atoms with Crippen molar-refractivity contribution in [2.75, 3.05) is 0 Å². The van der Waals surface area contributed by atoms with E-state index in [2.05, 4.69) is 0 Å². The molecule has 0 aliphatic heterocycles. The Labute approximate surface area is 114 Å².